The zero-order valence-electron chi connectivity index (χ0n) is 29.9. The maximum Gasteiger partial charge on any atom is 0.192 e. The van der Waals surface area contributed by atoms with Crippen molar-refractivity contribution in [2.24, 2.45) is 46.3 Å². The van der Waals surface area contributed by atoms with Gasteiger partial charge in [-0.1, -0.05) is 72.3 Å². The Kier molecular flexibility index (Phi) is 10.2. The van der Waals surface area contributed by atoms with Gasteiger partial charge in [-0.15, -0.1) is 0 Å². The minimum Gasteiger partial charge on any atom is -0.414 e. The van der Waals surface area contributed by atoms with Gasteiger partial charge in [0.1, 0.15) is 0 Å². The lowest BCUT2D eigenvalue weighted by Gasteiger charge is -2.59. The lowest BCUT2D eigenvalue weighted by atomic mass is 9.47. The summed E-state index contributed by atoms with van der Waals surface area (Å²) in [4.78, 5) is 0. The molecule has 0 aliphatic heterocycles. The van der Waals surface area contributed by atoms with Gasteiger partial charge in [-0.25, -0.2) is 0 Å². The third-order valence-corrected chi connectivity index (χ3v) is 18.2. The molecule has 4 aliphatic rings. The van der Waals surface area contributed by atoms with E-state index in [1.54, 1.807) is 5.57 Å². The molecular formula is C38H68O3Si. The van der Waals surface area contributed by atoms with E-state index in [4.69, 9.17) is 13.9 Å². The molecule has 242 valence electrons. The first-order chi connectivity index (χ1) is 19.4. The van der Waals surface area contributed by atoms with E-state index >= 15 is 0 Å². The summed E-state index contributed by atoms with van der Waals surface area (Å²) >= 11 is 0. The van der Waals surface area contributed by atoms with Crippen molar-refractivity contribution < 1.29 is 13.9 Å². The molecule has 10 atom stereocenters. The molecule has 0 radical (unpaired) electrons. The topological polar surface area (TPSA) is 27.7 Å². The van der Waals surface area contributed by atoms with E-state index in [2.05, 4.69) is 93.6 Å². The Morgan fingerprint density at radius 3 is 2.29 bits per heavy atom. The van der Waals surface area contributed by atoms with Gasteiger partial charge in [-0.05, 0) is 138 Å². The van der Waals surface area contributed by atoms with E-state index < -0.39 is 8.32 Å². The average Bonchev–Trinajstić information content (AvgIpc) is 3.23. The van der Waals surface area contributed by atoms with Gasteiger partial charge < -0.3 is 13.9 Å². The van der Waals surface area contributed by atoms with Gasteiger partial charge in [0.2, 0.25) is 0 Å². The predicted octanol–water partition coefficient (Wildman–Crippen LogP) is 11.0. The standard InChI is InChI=1S/C38H68O3Si/c1-14-39-28(4)40-36(8,9)27(3)16-15-26(2)32-19-20-33-31-18-17-29-25-30(41-42(12,13)35(5,6)7)21-23-37(29,10)34(31)22-24-38(32,33)11/h15-17,26-28,30-34H,14,18-25H2,1-13H3/b16-15+/t26-,27+,28?,30+,31+,32-,33+,34+,37+,38-/m1/s1. The van der Waals surface area contributed by atoms with Crippen LogP contribution in [-0.2, 0) is 13.9 Å². The normalized spacial score (nSPS) is 37.9. The molecule has 0 saturated heterocycles. The van der Waals surface area contributed by atoms with Crippen LogP contribution in [0.2, 0.25) is 18.1 Å². The van der Waals surface area contributed by atoms with E-state index in [1.807, 2.05) is 13.8 Å². The molecule has 0 N–H and O–H groups in total. The van der Waals surface area contributed by atoms with Crippen LogP contribution in [0.1, 0.15) is 128 Å². The third kappa shape index (κ3) is 6.58. The van der Waals surface area contributed by atoms with Crippen LogP contribution in [-0.4, -0.2) is 32.9 Å². The Hall–Kier alpha value is -0.423. The molecule has 0 bridgehead atoms. The largest absolute Gasteiger partial charge is 0.414 e. The minimum absolute atomic E-state index is 0.172. The molecule has 3 fully saturated rings. The molecule has 42 heavy (non-hydrogen) atoms. The van der Waals surface area contributed by atoms with Crippen molar-refractivity contribution in [1.29, 1.82) is 0 Å². The van der Waals surface area contributed by atoms with Crippen LogP contribution in [0, 0.1) is 46.3 Å². The molecule has 0 aromatic carbocycles. The quantitative estimate of drug-likeness (QED) is 0.142. The summed E-state index contributed by atoms with van der Waals surface area (Å²) in [7, 11) is -1.73. The Labute approximate surface area is 262 Å². The van der Waals surface area contributed by atoms with Gasteiger partial charge in [0.25, 0.3) is 0 Å². The lowest BCUT2D eigenvalue weighted by molar-refractivity contribution is -0.198. The predicted molar refractivity (Wildman–Crippen MR) is 181 cm³/mol. The van der Waals surface area contributed by atoms with Crippen molar-refractivity contribution in [1.82, 2.24) is 0 Å². The van der Waals surface area contributed by atoms with E-state index in [1.165, 1.54) is 51.4 Å². The van der Waals surface area contributed by atoms with Crippen LogP contribution in [0.15, 0.2) is 23.8 Å². The van der Waals surface area contributed by atoms with Crippen molar-refractivity contribution in [2.45, 2.75) is 164 Å². The summed E-state index contributed by atoms with van der Waals surface area (Å²) in [6, 6.07) is 0. The molecule has 0 spiro atoms. The summed E-state index contributed by atoms with van der Waals surface area (Å²) in [6.45, 7) is 31.2. The number of allylic oxidation sites excluding steroid dienone is 2. The van der Waals surface area contributed by atoms with Crippen molar-refractivity contribution in [3.05, 3.63) is 23.8 Å². The third-order valence-electron chi connectivity index (χ3n) is 13.7. The molecule has 0 aromatic heterocycles. The fourth-order valence-electron chi connectivity index (χ4n) is 9.74. The monoisotopic (exact) mass is 600 g/mol. The summed E-state index contributed by atoms with van der Waals surface area (Å²) in [5.41, 5.74) is 2.36. The Bertz CT molecular complexity index is 991. The molecule has 0 heterocycles. The van der Waals surface area contributed by atoms with Gasteiger partial charge in [0.15, 0.2) is 14.6 Å². The first-order valence-electron chi connectivity index (χ1n) is 17.7. The van der Waals surface area contributed by atoms with Gasteiger partial charge in [0.05, 0.1) is 5.60 Å². The number of rotatable bonds is 10. The highest BCUT2D eigenvalue weighted by Gasteiger charge is 2.59. The molecule has 3 saturated carbocycles. The van der Waals surface area contributed by atoms with Crippen LogP contribution < -0.4 is 0 Å². The summed E-state index contributed by atoms with van der Waals surface area (Å²) in [5.74, 6) is 4.32. The summed E-state index contributed by atoms with van der Waals surface area (Å²) in [6.07, 6.45) is 18.6. The summed E-state index contributed by atoms with van der Waals surface area (Å²) < 4.78 is 18.9. The number of fused-ring (bicyclic) bond motifs is 5. The van der Waals surface area contributed by atoms with Gasteiger partial charge in [-0.2, -0.15) is 0 Å². The Morgan fingerprint density at radius 1 is 0.952 bits per heavy atom. The smallest absolute Gasteiger partial charge is 0.192 e. The lowest BCUT2D eigenvalue weighted by Crippen LogP contribution is -2.52. The zero-order chi connectivity index (χ0) is 31.3. The van der Waals surface area contributed by atoms with E-state index in [9.17, 15) is 0 Å². The van der Waals surface area contributed by atoms with Crippen LogP contribution in [0.5, 0.6) is 0 Å². The maximum absolute atomic E-state index is 6.97. The summed E-state index contributed by atoms with van der Waals surface area (Å²) in [5, 5.41) is 0.281. The van der Waals surface area contributed by atoms with E-state index in [0.717, 1.165) is 23.7 Å². The molecule has 0 amide bonds. The molecule has 4 aliphatic carbocycles. The van der Waals surface area contributed by atoms with E-state index in [-0.39, 0.29) is 16.9 Å². The fraction of sp³-hybridized carbons (Fsp3) is 0.895. The van der Waals surface area contributed by atoms with Crippen molar-refractivity contribution >= 4 is 8.32 Å². The molecule has 0 aromatic rings. The van der Waals surface area contributed by atoms with Gasteiger partial charge in [0, 0.05) is 18.6 Å². The first kappa shape index (κ1) is 34.5. The van der Waals surface area contributed by atoms with Crippen LogP contribution in [0.4, 0.5) is 0 Å². The first-order valence-corrected chi connectivity index (χ1v) is 20.6. The number of ether oxygens (including phenoxy) is 2. The molecule has 1 unspecified atom stereocenters. The van der Waals surface area contributed by atoms with Crippen molar-refractivity contribution in [3.63, 3.8) is 0 Å². The van der Waals surface area contributed by atoms with E-state index in [0.29, 0.717) is 35.4 Å². The highest BCUT2D eigenvalue weighted by Crippen LogP contribution is 2.67. The SMILES string of the molecule is CCOC(C)OC(C)(C)[C@@H](C)/C=C/[C@@H](C)[C@H]1CC[C@H]2[C@@H]3CC=C4C[C@@H](O[Si](C)(C)C(C)(C)C)CC[C@]4(C)[C@H]3CC[C@]12C. The molecule has 3 nitrogen and oxygen atoms in total. The second-order valence-corrected chi connectivity index (χ2v) is 22.3. The number of hydrogen-bond acceptors (Lipinski definition) is 3. The van der Waals surface area contributed by atoms with Crippen molar-refractivity contribution in [3.8, 4) is 0 Å². The molecule has 4 heteroatoms. The van der Waals surface area contributed by atoms with Gasteiger partial charge >= 0.3 is 0 Å². The Morgan fingerprint density at radius 2 is 1.64 bits per heavy atom. The number of hydrogen-bond donors (Lipinski definition) is 0. The zero-order valence-corrected chi connectivity index (χ0v) is 30.9. The Balaban J connectivity index is 1.43. The van der Waals surface area contributed by atoms with Crippen LogP contribution >= 0.6 is 0 Å². The minimum atomic E-state index is -1.73. The highest BCUT2D eigenvalue weighted by atomic mass is 28.4. The van der Waals surface area contributed by atoms with Gasteiger partial charge in [-0.3, -0.25) is 0 Å². The highest BCUT2D eigenvalue weighted by molar-refractivity contribution is 6.74. The van der Waals surface area contributed by atoms with Crippen LogP contribution in [0.25, 0.3) is 0 Å². The average molecular weight is 601 g/mol. The van der Waals surface area contributed by atoms with Crippen molar-refractivity contribution in [2.75, 3.05) is 6.61 Å². The second-order valence-electron chi connectivity index (χ2n) is 17.5. The molecular weight excluding hydrogens is 533 g/mol. The molecule has 4 rings (SSSR count). The van der Waals surface area contributed by atoms with Crippen LogP contribution in [0.3, 0.4) is 0 Å². The fourth-order valence-corrected chi connectivity index (χ4v) is 11.1. The maximum atomic E-state index is 6.97. The second kappa shape index (κ2) is 12.4.